The first-order chi connectivity index (χ1) is 9.68. The topological polar surface area (TPSA) is 83.8 Å². The lowest BCUT2D eigenvalue weighted by Gasteiger charge is -2.21. The summed E-state index contributed by atoms with van der Waals surface area (Å²) < 4.78 is 17.0. The summed E-state index contributed by atoms with van der Waals surface area (Å²) in [5.74, 6) is 0.492. The number of esters is 1. The average molecular weight is 343 g/mol. The zero-order valence-electron chi connectivity index (χ0n) is 13.4. The number of thioether (sulfide) groups is 1. The lowest BCUT2D eigenvalue weighted by Crippen LogP contribution is -2.24. The molecule has 0 fully saturated rings. The van der Waals surface area contributed by atoms with Gasteiger partial charge in [0.1, 0.15) is 0 Å². The van der Waals surface area contributed by atoms with E-state index >= 15 is 0 Å². The third kappa shape index (κ3) is 10.3. The molecule has 0 aromatic carbocycles. The molecule has 0 aromatic rings. The van der Waals surface area contributed by atoms with Crippen LogP contribution in [0.5, 0.6) is 0 Å². The van der Waals surface area contributed by atoms with Crippen molar-refractivity contribution in [2.24, 2.45) is 5.92 Å². The summed E-state index contributed by atoms with van der Waals surface area (Å²) in [4.78, 5) is 11.7. The van der Waals surface area contributed by atoms with Gasteiger partial charge in [-0.25, -0.2) is 0 Å². The first-order valence-corrected chi connectivity index (χ1v) is 11.1. The van der Waals surface area contributed by atoms with Gasteiger partial charge >= 0.3 is 5.97 Å². The summed E-state index contributed by atoms with van der Waals surface area (Å²) in [6.07, 6.45) is 4.34. The lowest BCUT2D eigenvalue weighted by atomic mass is 10.2. The molecule has 0 radical (unpaired) electrons. The minimum Gasteiger partial charge on any atom is -0.465 e. The van der Waals surface area contributed by atoms with Crippen molar-refractivity contribution in [1.82, 2.24) is 0 Å². The van der Waals surface area contributed by atoms with Crippen LogP contribution in [0.25, 0.3) is 0 Å². The first kappa shape index (κ1) is 20.9. The minimum absolute atomic E-state index is 0.157. The molecular weight excluding hydrogens is 312 g/mol. The van der Waals surface area contributed by atoms with Crippen molar-refractivity contribution in [2.45, 2.75) is 38.0 Å². The van der Waals surface area contributed by atoms with E-state index in [1.807, 2.05) is 6.92 Å². The van der Waals surface area contributed by atoms with Gasteiger partial charge in [-0.1, -0.05) is 13.8 Å². The van der Waals surface area contributed by atoms with Gasteiger partial charge in [0.15, 0.2) is 0 Å². The summed E-state index contributed by atoms with van der Waals surface area (Å²) in [5, 5.41) is 18.0. The summed E-state index contributed by atoms with van der Waals surface area (Å²) in [6, 6.07) is 0. The van der Waals surface area contributed by atoms with Crippen molar-refractivity contribution in [2.75, 3.05) is 37.2 Å². The third-order valence-corrected chi connectivity index (χ3v) is 7.10. The molecule has 0 aliphatic heterocycles. The van der Waals surface area contributed by atoms with Crippen LogP contribution in [0.15, 0.2) is 0 Å². The second kappa shape index (κ2) is 10.6. The molecule has 0 aliphatic rings. The van der Waals surface area contributed by atoms with E-state index in [2.05, 4.69) is 0 Å². The molecule has 5 nitrogen and oxygen atoms in total. The molecule has 3 unspecified atom stereocenters. The van der Waals surface area contributed by atoms with Gasteiger partial charge in [-0.3, -0.25) is 9.00 Å². The van der Waals surface area contributed by atoms with Crippen LogP contribution in [0.2, 0.25) is 0 Å². The molecule has 0 heterocycles. The third-order valence-electron chi connectivity index (χ3n) is 3.36. The SMILES string of the molecule is CC(CSCC(O)CO)C(=O)OCCCC(C)[SH](C)(C)=O. The van der Waals surface area contributed by atoms with Gasteiger partial charge in [0.25, 0.3) is 0 Å². The van der Waals surface area contributed by atoms with Crippen molar-refractivity contribution in [3.8, 4) is 0 Å². The molecule has 0 bridgehead atoms. The smallest absolute Gasteiger partial charge is 0.309 e. The highest BCUT2D eigenvalue weighted by atomic mass is 32.2. The lowest BCUT2D eigenvalue weighted by molar-refractivity contribution is -0.147. The van der Waals surface area contributed by atoms with Crippen molar-refractivity contribution < 1.29 is 24.0 Å². The number of carbonyl (C=O) groups excluding carboxylic acids is 1. The van der Waals surface area contributed by atoms with Gasteiger partial charge in [-0.15, -0.1) is 9.93 Å². The Labute approximate surface area is 133 Å². The Morgan fingerprint density at radius 3 is 2.43 bits per heavy atom. The maximum atomic E-state index is 11.8. The van der Waals surface area contributed by atoms with Crippen molar-refractivity contribution in [3.63, 3.8) is 0 Å². The predicted molar refractivity (Wildman–Crippen MR) is 90.6 cm³/mol. The normalized spacial score (nSPS) is 17.0. The standard InChI is InChI=1S/C14H30O5S2/c1-11(9-20-10-13(16)8-15)14(17)19-7-5-6-12(2)21(3,4)18/h11-13,15-16,21H,5-10H2,1-4H3. The average Bonchev–Trinajstić information content (AvgIpc) is 2.41. The van der Waals surface area contributed by atoms with Gasteiger partial charge in [-0.05, 0) is 25.4 Å². The molecule has 0 saturated heterocycles. The van der Waals surface area contributed by atoms with Crippen LogP contribution < -0.4 is 0 Å². The maximum absolute atomic E-state index is 11.8. The second-order valence-electron chi connectivity index (χ2n) is 5.87. The van der Waals surface area contributed by atoms with E-state index in [1.165, 1.54) is 11.8 Å². The van der Waals surface area contributed by atoms with Crippen LogP contribution in [-0.4, -0.2) is 69.0 Å². The second-order valence-corrected chi connectivity index (χ2v) is 10.7. The summed E-state index contributed by atoms with van der Waals surface area (Å²) >= 11 is 1.42. The van der Waals surface area contributed by atoms with Crippen LogP contribution >= 0.6 is 11.8 Å². The number of hydrogen-bond donors (Lipinski definition) is 3. The Balaban J connectivity index is 3.76. The first-order valence-electron chi connectivity index (χ1n) is 7.26. The fourth-order valence-electron chi connectivity index (χ4n) is 1.51. The number of carbonyl (C=O) groups is 1. The van der Waals surface area contributed by atoms with E-state index in [4.69, 9.17) is 9.84 Å². The predicted octanol–water partition coefficient (Wildman–Crippen LogP) is 0.697. The van der Waals surface area contributed by atoms with E-state index < -0.39 is 16.0 Å². The largest absolute Gasteiger partial charge is 0.465 e. The van der Waals surface area contributed by atoms with E-state index in [-0.39, 0.29) is 23.7 Å². The van der Waals surface area contributed by atoms with E-state index in [1.54, 1.807) is 19.4 Å². The number of aliphatic hydroxyl groups excluding tert-OH is 2. The highest BCUT2D eigenvalue weighted by molar-refractivity contribution is 8.02. The molecule has 0 aromatic heterocycles. The summed E-state index contributed by atoms with van der Waals surface area (Å²) in [7, 11) is -2.06. The van der Waals surface area contributed by atoms with Crippen LogP contribution in [-0.2, 0) is 19.5 Å². The quantitative estimate of drug-likeness (QED) is 0.291. The van der Waals surface area contributed by atoms with Crippen LogP contribution in [0.3, 0.4) is 0 Å². The molecule has 0 aliphatic carbocycles. The number of thiol groups is 1. The highest BCUT2D eigenvalue weighted by Crippen LogP contribution is 2.13. The molecule has 0 amide bonds. The Kier molecular flexibility index (Phi) is 10.5. The van der Waals surface area contributed by atoms with Gasteiger partial charge < -0.3 is 14.9 Å². The molecule has 0 spiro atoms. The van der Waals surface area contributed by atoms with E-state index in [0.29, 0.717) is 18.1 Å². The Bertz CT molecular complexity index is 342. The number of rotatable bonds is 11. The van der Waals surface area contributed by atoms with Gasteiger partial charge in [0.2, 0.25) is 0 Å². The van der Waals surface area contributed by atoms with Crippen molar-refractivity contribution in [1.29, 1.82) is 0 Å². The summed E-state index contributed by atoms with van der Waals surface area (Å²) in [6.45, 7) is 3.85. The monoisotopic (exact) mass is 342 g/mol. The van der Waals surface area contributed by atoms with Gasteiger partial charge in [0, 0.05) is 16.8 Å². The molecule has 2 N–H and O–H groups in total. The number of hydrogen-bond acceptors (Lipinski definition) is 6. The van der Waals surface area contributed by atoms with Crippen LogP contribution in [0.4, 0.5) is 0 Å². The number of aliphatic hydroxyl groups is 2. The molecule has 0 saturated carbocycles. The maximum Gasteiger partial charge on any atom is 0.309 e. The van der Waals surface area contributed by atoms with Gasteiger partial charge in [-0.2, -0.15) is 11.8 Å². The minimum atomic E-state index is -2.06. The van der Waals surface area contributed by atoms with Crippen molar-refractivity contribution in [3.05, 3.63) is 0 Å². The molecule has 0 rings (SSSR count). The molecule has 21 heavy (non-hydrogen) atoms. The number of ether oxygens (including phenoxy) is 1. The zero-order chi connectivity index (χ0) is 16.5. The highest BCUT2D eigenvalue weighted by Gasteiger charge is 2.16. The van der Waals surface area contributed by atoms with E-state index in [9.17, 15) is 14.1 Å². The fourth-order valence-corrected chi connectivity index (χ4v) is 3.31. The van der Waals surface area contributed by atoms with Gasteiger partial charge in [0.05, 0.1) is 25.2 Å². The summed E-state index contributed by atoms with van der Waals surface area (Å²) in [5.41, 5.74) is 0. The Morgan fingerprint density at radius 1 is 1.29 bits per heavy atom. The Hall–Kier alpha value is -0.110. The molecule has 3 atom stereocenters. The Morgan fingerprint density at radius 2 is 1.90 bits per heavy atom. The molecule has 128 valence electrons. The fraction of sp³-hybridized carbons (Fsp3) is 0.929. The molecule has 7 heteroatoms. The van der Waals surface area contributed by atoms with Crippen molar-refractivity contribution >= 4 is 27.7 Å². The molecular formula is C14H30O5S2. The van der Waals surface area contributed by atoms with Crippen LogP contribution in [0, 0.1) is 5.92 Å². The van der Waals surface area contributed by atoms with Crippen LogP contribution in [0.1, 0.15) is 26.7 Å². The van der Waals surface area contributed by atoms with E-state index in [0.717, 1.165) is 12.8 Å². The zero-order valence-corrected chi connectivity index (χ0v) is 15.2.